The minimum Gasteiger partial charge on any atom is -0.493 e. The maximum Gasteiger partial charge on any atom is 0.193 e. The summed E-state index contributed by atoms with van der Waals surface area (Å²) in [6.07, 6.45) is 0. The van der Waals surface area contributed by atoms with Crippen molar-refractivity contribution >= 4 is 35.6 Å². The quantitative estimate of drug-likeness (QED) is 0.338. The number of nitrogens with zero attached hydrogens (tertiary/aromatic N) is 1. The summed E-state index contributed by atoms with van der Waals surface area (Å²) in [7, 11) is 1.57. The molecule has 0 amide bonds. The summed E-state index contributed by atoms with van der Waals surface area (Å²) < 4.78 is 10.7. The van der Waals surface area contributed by atoms with Gasteiger partial charge in [-0.3, -0.25) is 0 Å². The van der Waals surface area contributed by atoms with Crippen molar-refractivity contribution in [2.24, 2.45) is 10.7 Å². The molecule has 25 heavy (non-hydrogen) atoms. The Bertz CT molecular complexity index is 708. The van der Waals surface area contributed by atoms with Gasteiger partial charge in [0.1, 0.15) is 6.61 Å². The maximum atomic E-state index is 8.82. The van der Waals surface area contributed by atoms with Crippen molar-refractivity contribution in [3.8, 4) is 11.5 Å². The molecule has 0 aliphatic heterocycles. The van der Waals surface area contributed by atoms with E-state index in [4.69, 9.17) is 20.3 Å². The monoisotopic (exact) mass is 457 g/mol. The van der Waals surface area contributed by atoms with E-state index in [2.05, 4.69) is 10.3 Å². The van der Waals surface area contributed by atoms with Crippen LogP contribution in [0.5, 0.6) is 11.5 Å². The van der Waals surface area contributed by atoms with E-state index < -0.39 is 0 Å². The highest BCUT2D eigenvalue weighted by Crippen LogP contribution is 2.28. The van der Waals surface area contributed by atoms with Crippen LogP contribution in [0.3, 0.4) is 0 Å². The number of aryl methyl sites for hydroxylation is 1. The van der Waals surface area contributed by atoms with E-state index in [0.717, 1.165) is 16.8 Å². The SMILES string of the molecule is COc1cc(CN=C(N)Nc2cccc(C)c2)ccc1OCCO.I. The molecule has 0 saturated carbocycles. The number of nitrogens with one attached hydrogen (secondary N) is 1. The lowest BCUT2D eigenvalue weighted by Gasteiger charge is -2.11. The number of anilines is 1. The van der Waals surface area contributed by atoms with Crippen LogP contribution in [0.4, 0.5) is 5.69 Å². The van der Waals surface area contributed by atoms with Gasteiger partial charge in [0.05, 0.1) is 20.3 Å². The van der Waals surface area contributed by atoms with Crippen LogP contribution in [0.1, 0.15) is 11.1 Å². The molecule has 0 aromatic heterocycles. The third kappa shape index (κ3) is 6.79. The number of aliphatic imine (C=N–C) groups is 1. The fraction of sp³-hybridized carbons (Fsp3) is 0.278. The zero-order valence-corrected chi connectivity index (χ0v) is 16.7. The molecule has 7 heteroatoms. The molecule has 0 bridgehead atoms. The van der Waals surface area contributed by atoms with Crippen molar-refractivity contribution in [3.63, 3.8) is 0 Å². The van der Waals surface area contributed by atoms with E-state index in [9.17, 15) is 0 Å². The highest BCUT2D eigenvalue weighted by Gasteiger charge is 2.05. The van der Waals surface area contributed by atoms with Crippen molar-refractivity contribution in [3.05, 3.63) is 53.6 Å². The van der Waals surface area contributed by atoms with Gasteiger partial charge >= 0.3 is 0 Å². The largest absolute Gasteiger partial charge is 0.493 e. The van der Waals surface area contributed by atoms with Crippen molar-refractivity contribution in [2.75, 3.05) is 25.6 Å². The van der Waals surface area contributed by atoms with Crippen LogP contribution in [0.2, 0.25) is 0 Å². The zero-order valence-electron chi connectivity index (χ0n) is 14.4. The molecule has 4 N–H and O–H groups in total. The number of halogens is 1. The van der Waals surface area contributed by atoms with Crippen LogP contribution >= 0.6 is 24.0 Å². The van der Waals surface area contributed by atoms with Crippen LogP contribution in [-0.2, 0) is 6.54 Å². The van der Waals surface area contributed by atoms with Crippen molar-refractivity contribution < 1.29 is 14.6 Å². The Morgan fingerprint density at radius 3 is 2.68 bits per heavy atom. The summed E-state index contributed by atoms with van der Waals surface area (Å²) in [6.45, 7) is 2.62. The number of methoxy groups -OCH3 is 1. The Hall–Kier alpha value is -2.00. The number of benzene rings is 2. The Morgan fingerprint density at radius 1 is 1.20 bits per heavy atom. The summed E-state index contributed by atoms with van der Waals surface area (Å²) in [5.41, 5.74) is 8.92. The molecule has 0 saturated heterocycles. The number of hydrogen-bond donors (Lipinski definition) is 3. The van der Waals surface area contributed by atoms with Gasteiger partial charge in [0, 0.05) is 5.69 Å². The number of aliphatic hydroxyl groups excluding tert-OH is 1. The van der Waals surface area contributed by atoms with E-state index in [-0.39, 0.29) is 37.2 Å². The Kier molecular flexibility index (Phi) is 9.07. The van der Waals surface area contributed by atoms with E-state index in [1.165, 1.54) is 0 Å². The van der Waals surface area contributed by atoms with Crippen molar-refractivity contribution in [1.82, 2.24) is 0 Å². The lowest BCUT2D eigenvalue weighted by molar-refractivity contribution is 0.196. The zero-order chi connectivity index (χ0) is 17.4. The molecule has 0 aliphatic carbocycles. The molecule has 2 aromatic carbocycles. The number of hydrogen-bond acceptors (Lipinski definition) is 4. The molecule has 0 spiro atoms. The third-order valence-corrected chi connectivity index (χ3v) is 3.30. The molecule has 0 heterocycles. The predicted molar refractivity (Wildman–Crippen MR) is 111 cm³/mol. The number of rotatable bonds is 7. The average Bonchev–Trinajstić information content (AvgIpc) is 2.58. The van der Waals surface area contributed by atoms with Crippen LogP contribution < -0.4 is 20.5 Å². The van der Waals surface area contributed by atoms with E-state index in [1.54, 1.807) is 13.2 Å². The van der Waals surface area contributed by atoms with Crippen LogP contribution in [-0.4, -0.2) is 31.4 Å². The summed E-state index contributed by atoms with van der Waals surface area (Å²) in [4.78, 5) is 4.33. The molecule has 0 radical (unpaired) electrons. The fourth-order valence-corrected chi connectivity index (χ4v) is 2.17. The minimum absolute atomic E-state index is 0. The van der Waals surface area contributed by atoms with E-state index in [0.29, 0.717) is 24.0 Å². The maximum absolute atomic E-state index is 8.82. The first-order chi connectivity index (χ1) is 11.6. The Labute approximate surface area is 165 Å². The second-order valence-electron chi connectivity index (χ2n) is 5.25. The molecule has 136 valence electrons. The van der Waals surface area contributed by atoms with Gasteiger partial charge in [-0.2, -0.15) is 0 Å². The van der Waals surface area contributed by atoms with Crippen molar-refractivity contribution in [2.45, 2.75) is 13.5 Å². The molecule has 2 aromatic rings. The van der Waals surface area contributed by atoms with E-state index >= 15 is 0 Å². The second-order valence-corrected chi connectivity index (χ2v) is 5.25. The first-order valence-electron chi connectivity index (χ1n) is 7.66. The highest BCUT2D eigenvalue weighted by molar-refractivity contribution is 14.0. The summed E-state index contributed by atoms with van der Waals surface area (Å²) in [5.74, 6) is 1.53. The topological polar surface area (TPSA) is 89.1 Å². The van der Waals surface area contributed by atoms with Crippen LogP contribution in [0, 0.1) is 6.92 Å². The molecule has 0 unspecified atom stereocenters. The molecule has 6 nitrogen and oxygen atoms in total. The Balaban J connectivity index is 0.00000312. The number of guanidine groups is 1. The summed E-state index contributed by atoms with van der Waals surface area (Å²) in [6, 6.07) is 13.4. The lowest BCUT2D eigenvalue weighted by atomic mass is 10.2. The first kappa shape index (κ1) is 21.0. The van der Waals surface area contributed by atoms with Crippen LogP contribution in [0.15, 0.2) is 47.5 Å². The summed E-state index contributed by atoms with van der Waals surface area (Å²) in [5, 5.41) is 11.9. The van der Waals surface area contributed by atoms with Gasteiger partial charge in [-0.1, -0.05) is 18.2 Å². The fourth-order valence-electron chi connectivity index (χ4n) is 2.17. The van der Waals surface area contributed by atoms with Crippen molar-refractivity contribution in [1.29, 1.82) is 0 Å². The standard InChI is InChI=1S/C18H23N3O3.HI/c1-13-4-3-5-15(10-13)21-18(19)20-12-14-6-7-16(24-9-8-22)17(11-14)23-2;/h3-7,10-11,22H,8-9,12H2,1-2H3,(H3,19,20,21);1H. The van der Waals surface area contributed by atoms with Gasteiger partial charge in [-0.25, -0.2) is 4.99 Å². The second kappa shape index (κ2) is 10.8. The minimum atomic E-state index is -0.0453. The Morgan fingerprint density at radius 2 is 2.00 bits per heavy atom. The molecule has 0 atom stereocenters. The molecular formula is C18H24IN3O3. The highest BCUT2D eigenvalue weighted by atomic mass is 127. The van der Waals surface area contributed by atoms with Gasteiger partial charge in [-0.05, 0) is 42.3 Å². The smallest absolute Gasteiger partial charge is 0.193 e. The van der Waals surface area contributed by atoms with Gasteiger partial charge < -0.3 is 25.6 Å². The molecule has 2 rings (SSSR count). The first-order valence-corrected chi connectivity index (χ1v) is 7.66. The molecule has 0 aliphatic rings. The molecule has 0 fully saturated rings. The van der Waals surface area contributed by atoms with Gasteiger partial charge in [-0.15, -0.1) is 24.0 Å². The van der Waals surface area contributed by atoms with Gasteiger partial charge in [0.15, 0.2) is 17.5 Å². The number of ether oxygens (including phenoxy) is 2. The van der Waals surface area contributed by atoms with E-state index in [1.807, 2.05) is 43.3 Å². The summed E-state index contributed by atoms with van der Waals surface area (Å²) >= 11 is 0. The molecular weight excluding hydrogens is 433 g/mol. The van der Waals surface area contributed by atoms with Gasteiger partial charge in [0.25, 0.3) is 0 Å². The number of aliphatic hydroxyl groups is 1. The van der Waals surface area contributed by atoms with Gasteiger partial charge in [0.2, 0.25) is 0 Å². The predicted octanol–water partition coefficient (Wildman–Crippen LogP) is 2.92. The number of nitrogens with two attached hydrogens (primary N) is 1. The average molecular weight is 457 g/mol. The normalized spacial score (nSPS) is 10.8. The third-order valence-electron chi connectivity index (χ3n) is 3.30. The van der Waals surface area contributed by atoms with Crippen LogP contribution in [0.25, 0.3) is 0 Å². The lowest BCUT2D eigenvalue weighted by Crippen LogP contribution is -2.22.